The van der Waals surface area contributed by atoms with E-state index < -0.39 is 0 Å². The van der Waals surface area contributed by atoms with Gasteiger partial charge in [0.25, 0.3) is 5.91 Å². The number of nitrogens with zero attached hydrogens (tertiary/aromatic N) is 3. The minimum Gasteiger partial charge on any atom is -0.326 e. The average molecular weight is 438 g/mol. The Morgan fingerprint density at radius 2 is 1.64 bits per heavy atom. The molecule has 2 amide bonds. The molecule has 3 N–H and O–H groups in total. The van der Waals surface area contributed by atoms with Gasteiger partial charge in [0.2, 0.25) is 11.9 Å². The first-order valence-electron chi connectivity index (χ1n) is 10.3. The number of hydrogen-bond donors (Lipinski definition) is 3. The Balaban J connectivity index is 1.50. The van der Waals surface area contributed by atoms with Gasteiger partial charge in [-0.1, -0.05) is 6.07 Å². The standard InChI is InChI=1S/C25H22N6O2/c1-16-5-6-18(24(33)29-21-9-7-20(8-10-21)28-17(2)32)14-23(16)31-25-27-13-11-22(30-25)19-4-3-12-26-15-19/h3-15H,1-2H3,(H,28,32)(H,29,33)(H,27,30,31). The summed E-state index contributed by atoms with van der Waals surface area (Å²) < 4.78 is 0. The number of carbonyl (C=O) groups is 2. The van der Waals surface area contributed by atoms with Crippen molar-refractivity contribution in [1.29, 1.82) is 0 Å². The lowest BCUT2D eigenvalue weighted by atomic mass is 10.1. The second-order valence-electron chi connectivity index (χ2n) is 7.37. The summed E-state index contributed by atoms with van der Waals surface area (Å²) in [5.74, 6) is 0.0161. The Kier molecular flexibility index (Phi) is 6.36. The summed E-state index contributed by atoms with van der Waals surface area (Å²) in [6.45, 7) is 3.38. The maximum atomic E-state index is 12.8. The molecule has 0 bridgehead atoms. The van der Waals surface area contributed by atoms with Crippen LogP contribution < -0.4 is 16.0 Å². The monoisotopic (exact) mass is 438 g/mol. The van der Waals surface area contributed by atoms with Gasteiger partial charge in [-0.05, 0) is 67.1 Å². The zero-order chi connectivity index (χ0) is 23.2. The Morgan fingerprint density at radius 3 is 2.33 bits per heavy atom. The van der Waals surface area contributed by atoms with Crippen molar-refractivity contribution in [3.05, 3.63) is 90.4 Å². The van der Waals surface area contributed by atoms with Crippen molar-refractivity contribution in [3.63, 3.8) is 0 Å². The molecule has 2 aromatic heterocycles. The Hall–Kier alpha value is -4.59. The highest BCUT2D eigenvalue weighted by Crippen LogP contribution is 2.23. The van der Waals surface area contributed by atoms with Crippen LogP contribution in [0.15, 0.2) is 79.3 Å². The minimum atomic E-state index is -0.254. The van der Waals surface area contributed by atoms with Crippen LogP contribution in [0, 0.1) is 6.92 Å². The first kappa shape index (κ1) is 21.6. The molecule has 0 aliphatic heterocycles. The van der Waals surface area contributed by atoms with Gasteiger partial charge in [-0.25, -0.2) is 9.97 Å². The highest BCUT2D eigenvalue weighted by Gasteiger charge is 2.11. The van der Waals surface area contributed by atoms with Crippen LogP contribution in [0.1, 0.15) is 22.8 Å². The summed E-state index contributed by atoms with van der Waals surface area (Å²) in [6.07, 6.45) is 5.13. The van der Waals surface area contributed by atoms with E-state index in [9.17, 15) is 9.59 Å². The molecule has 0 saturated carbocycles. The zero-order valence-electron chi connectivity index (χ0n) is 18.2. The van der Waals surface area contributed by atoms with Gasteiger partial charge in [0, 0.05) is 53.7 Å². The third-order valence-electron chi connectivity index (χ3n) is 4.82. The van der Waals surface area contributed by atoms with Crippen molar-refractivity contribution in [3.8, 4) is 11.3 Å². The van der Waals surface area contributed by atoms with Crippen LogP contribution >= 0.6 is 0 Å². The number of amides is 2. The lowest BCUT2D eigenvalue weighted by Crippen LogP contribution is -2.13. The quantitative estimate of drug-likeness (QED) is 0.399. The summed E-state index contributed by atoms with van der Waals surface area (Å²) in [7, 11) is 0. The molecule has 8 nitrogen and oxygen atoms in total. The fourth-order valence-electron chi connectivity index (χ4n) is 3.16. The smallest absolute Gasteiger partial charge is 0.255 e. The number of benzene rings is 2. The van der Waals surface area contributed by atoms with Crippen LogP contribution in [0.25, 0.3) is 11.3 Å². The molecule has 0 aliphatic carbocycles. The number of carbonyl (C=O) groups excluding carboxylic acids is 2. The largest absolute Gasteiger partial charge is 0.326 e. The number of rotatable bonds is 6. The fourth-order valence-corrected chi connectivity index (χ4v) is 3.16. The topological polar surface area (TPSA) is 109 Å². The van der Waals surface area contributed by atoms with Gasteiger partial charge in [0.15, 0.2) is 0 Å². The highest BCUT2D eigenvalue weighted by atomic mass is 16.2. The second-order valence-corrected chi connectivity index (χ2v) is 7.37. The van der Waals surface area contributed by atoms with Crippen LogP contribution in [0.5, 0.6) is 0 Å². The maximum absolute atomic E-state index is 12.8. The van der Waals surface area contributed by atoms with E-state index in [1.165, 1.54) is 6.92 Å². The Morgan fingerprint density at radius 1 is 0.879 bits per heavy atom. The lowest BCUT2D eigenvalue weighted by Gasteiger charge is -2.12. The van der Waals surface area contributed by atoms with E-state index in [1.807, 2.05) is 31.2 Å². The number of aryl methyl sites for hydroxylation is 1. The number of anilines is 4. The lowest BCUT2D eigenvalue weighted by molar-refractivity contribution is -0.114. The van der Waals surface area contributed by atoms with Gasteiger partial charge in [0.05, 0.1) is 5.69 Å². The molecule has 164 valence electrons. The third kappa shape index (κ3) is 5.56. The van der Waals surface area contributed by atoms with E-state index in [2.05, 4.69) is 30.9 Å². The molecule has 8 heteroatoms. The Bertz CT molecular complexity index is 1290. The summed E-state index contributed by atoms with van der Waals surface area (Å²) in [5, 5.41) is 8.76. The molecule has 0 aliphatic rings. The van der Waals surface area contributed by atoms with E-state index in [1.54, 1.807) is 55.0 Å². The number of aromatic nitrogens is 3. The third-order valence-corrected chi connectivity index (χ3v) is 4.82. The fraction of sp³-hybridized carbons (Fsp3) is 0.0800. The van der Waals surface area contributed by atoms with Gasteiger partial charge in [-0.2, -0.15) is 0 Å². The van der Waals surface area contributed by atoms with Crippen molar-refractivity contribution >= 4 is 34.8 Å². The molecular formula is C25H22N6O2. The first-order chi connectivity index (χ1) is 16.0. The molecule has 33 heavy (non-hydrogen) atoms. The molecule has 0 unspecified atom stereocenters. The summed E-state index contributed by atoms with van der Waals surface area (Å²) in [6, 6.07) is 17.9. The van der Waals surface area contributed by atoms with Gasteiger partial charge >= 0.3 is 0 Å². The molecular weight excluding hydrogens is 416 g/mol. The normalized spacial score (nSPS) is 10.4. The predicted molar refractivity (Wildman–Crippen MR) is 128 cm³/mol. The van der Waals surface area contributed by atoms with Crippen molar-refractivity contribution in [2.75, 3.05) is 16.0 Å². The summed E-state index contributed by atoms with van der Waals surface area (Å²) in [4.78, 5) is 36.9. The van der Waals surface area contributed by atoms with Crippen LogP contribution in [0.4, 0.5) is 23.0 Å². The van der Waals surface area contributed by atoms with Gasteiger partial charge in [0.1, 0.15) is 0 Å². The minimum absolute atomic E-state index is 0.151. The maximum Gasteiger partial charge on any atom is 0.255 e. The van der Waals surface area contributed by atoms with E-state index in [-0.39, 0.29) is 11.8 Å². The van der Waals surface area contributed by atoms with Crippen molar-refractivity contribution in [1.82, 2.24) is 15.0 Å². The van der Waals surface area contributed by atoms with Crippen molar-refractivity contribution in [2.45, 2.75) is 13.8 Å². The summed E-state index contributed by atoms with van der Waals surface area (Å²) in [5.41, 5.74) is 5.07. The molecule has 0 radical (unpaired) electrons. The molecule has 4 aromatic rings. The van der Waals surface area contributed by atoms with Crippen LogP contribution in [-0.2, 0) is 4.79 Å². The predicted octanol–water partition coefficient (Wildman–Crippen LogP) is 4.80. The van der Waals surface area contributed by atoms with Gasteiger partial charge in [-0.3, -0.25) is 14.6 Å². The molecule has 0 atom stereocenters. The SMILES string of the molecule is CC(=O)Nc1ccc(NC(=O)c2ccc(C)c(Nc3nccc(-c4cccnc4)n3)c2)cc1. The highest BCUT2D eigenvalue weighted by molar-refractivity contribution is 6.05. The number of hydrogen-bond acceptors (Lipinski definition) is 6. The van der Waals surface area contributed by atoms with Crippen LogP contribution in [0.3, 0.4) is 0 Å². The van der Waals surface area contributed by atoms with E-state index in [0.29, 0.717) is 22.9 Å². The average Bonchev–Trinajstić information content (AvgIpc) is 2.82. The molecule has 0 spiro atoms. The van der Waals surface area contributed by atoms with Crippen LogP contribution in [0.2, 0.25) is 0 Å². The summed E-state index contributed by atoms with van der Waals surface area (Å²) >= 11 is 0. The van der Waals surface area contributed by atoms with Gasteiger partial charge < -0.3 is 16.0 Å². The number of nitrogens with one attached hydrogen (secondary N) is 3. The zero-order valence-corrected chi connectivity index (χ0v) is 18.2. The first-order valence-corrected chi connectivity index (χ1v) is 10.3. The van der Waals surface area contributed by atoms with Gasteiger partial charge in [-0.15, -0.1) is 0 Å². The van der Waals surface area contributed by atoms with E-state index >= 15 is 0 Å². The van der Waals surface area contributed by atoms with Crippen molar-refractivity contribution < 1.29 is 9.59 Å². The Labute approximate surface area is 191 Å². The molecule has 2 aromatic carbocycles. The molecule has 0 fully saturated rings. The van der Waals surface area contributed by atoms with E-state index in [0.717, 1.165) is 22.5 Å². The number of pyridine rings is 1. The van der Waals surface area contributed by atoms with E-state index in [4.69, 9.17) is 0 Å². The molecule has 4 rings (SSSR count). The second kappa shape index (κ2) is 9.69. The molecule has 0 saturated heterocycles. The molecule has 2 heterocycles. The van der Waals surface area contributed by atoms with Crippen LogP contribution in [-0.4, -0.2) is 26.8 Å². The van der Waals surface area contributed by atoms with Crippen molar-refractivity contribution in [2.24, 2.45) is 0 Å².